The van der Waals surface area contributed by atoms with Crippen LogP contribution < -0.4 is 16.3 Å². The van der Waals surface area contributed by atoms with Gasteiger partial charge in [0.25, 0.3) is 5.72 Å². The van der Waals surface area contributed by atoms with E-state index in [1.165, 1.54) is 13.9 Å². The van der Waals surface area contributed by atoms with Crippen molar-refractivity contribution in [2.45, 2.75) is 24.7 Å². The van der Waals surface area contributed by atoms with Gasteiger partial charge < -0.3 is 4.84 Å². The molecular formula is C29H22ClN5O3. The van der Waals surface area contributed by atoms with Gasteiger partial charge in [0.1, 0.15) is 6.04 Å². The third kappa shape index (κ3) is 3.13. The Morgan fingerprint density at radius 3 is 2.26 bits per heavy atom. The third-order valence-corrected chi connectivity index (χ3v) is 7.50. The van der Waals surface area contributed by atoms with E-state index in [1.807, 2.05) is 78.6 Å². The smallest absolute Gasteiger partial charge is 0.352 e. The van der Waals surface area contributed by atoms with E-state index >= 15 is 0 Å². The summed E-state index contributed by atoms with van der Waals surface area (Å²) in [4.78, 5) is 35.8. The Bertz CT molecular complexity index is 1760. The molecule has 1 aromatic heterocycles. The summed E-state index contributed by atoms with van der Waals surface area (Å²) < 4.78 is 4.18. The molecule has 8 rings (SSSR count). The van der Waals surface area contributed by atoms with Crippen molar-refractivity contribution in [2.24, 2.45) is 5.16 Å². The van der Waals surface area contributed by atoms with E-state index in [-0.39, 0.29) is 0 Å². The summed E-state index contributed by atoms with van der Waals surface area (Å²) in [5.74, 6) is 0.568. The molecular weight excluding hydrogens is 502 g/mol. The molecule has 38 heavy (non-hydrogen) atoms. The van der Waals surface area contributed by atoms with Crippen LogP contribution in [0.2, 0.25) is 5.02 Å². The van der Waals surface area contributed by atoms with E-state index in [9.17, 15) is 9.59 Å². The number of benzene rings is 3. The number of hydrogen-bond acceptors (Lipinski definition) is 5. The first-order valence-corrected chi connectivity index (χ1v) is 12.6. The number of halogens is 1. The summed E-state index contributed by atoms with van der Waals surface area (Å²) in [6.45, 7) is 2.02. The summed E-state index contributed by atoms with van der Waals surface area (Å²) in [7, 11) is 0. The van der Waals surface area contributed by atoms with Crippen LogP contribution >= 0.6 is 11.6 Å². The fraction of sp³-hybridized carbons (Fsp3) is 0.138. The lowest BCUT2D eigenvalue weighted by Gasteiger charge is -2.39. The number of aryl methyl sites for hydroxylation is 1. The van der Waals surface area contributed by atoms with Crippen LogP contribution in [0.5, 0.6) is 0 Å². The maximum Gasteiger partial charge on any atom is 0.352 e. The molecule has 0 saturated carbocycles. The van der Waals surface area contributed by atoms with E-state index in [1.54, 1.807) is 36.4 Å². The van der Waals surface area contributed by atoms with E-state index in [4.69, 9.17) is 16.4 Å². The predicted molar refractivity (Wildman–Crippen MR) is 146 cm³/mol. The van der Waals surface area contributed by atoms with E-state index in [0.717, 1.165) is 16.8 Å². The molecule has 3 aromatic carbocycles. The first-order chi connectivity index (χ1) is 18.5. The topological polar surface area (TPSA) is 73.8 Å². The van der Waals surface area contributed by atoms with Crippen LogP contribution in [0.1, 0.15) is 23.2 Å². The number of aromatic nitrogens is 3. The summed E-state index contributed by atoms with van der Waals surface area (Å²) >= 11 is 6.17. The SMILES string of the molecule is Cc1ccc(N2C(c3ccc(Cl)cc3)=NO[C@@]23C=C[C@H]2C=C[C@@H]3n3c(=O)n(-c4ccccc4)c(=O)n32)cc1. The highest BCUT2D eigenvalue weighted by atomic mass is 35.5. The van der Waals surface area contributed by atoms with Gasteiger partial charge in [0.05, 0.1) is 11.7 Å². The summed E-state index contributed by atoms with van der Waals surface area (Å²) in [6.07, 6.45) is 7.63. The van der Waals surface area contributed by atoms with E-state index < -0.39 is 29.2 Å². The quantitative estimate of drug-likeness (QED) is 0.368. The predicted octanol–water partition coefficient (Wildman–Crippen LogP) is 4.58. The Morgan fingerprint density at radius 1 is 0.816 bits per heavy atom. The number of anilines is 1. The fourth-order valence-electron chi connectivity index (χ4n) is 5.42. The Balaban J connectivity index is 1.45. The molecule has 1 aliphatic carbocycles. The number of amidine groups is 1. The molecule has 0 unspecified atom stereocenters. The maximum atomic E-state index is 13.9. The van der Waals surface area contributed by atoms with Gasteiger partial charge in [0.2, 0.25) is 0 Å². The highest BCUT2D eigenvalue weighted by Crippen LogP contribution is 2.45. The molecule has 188 valence electrons. The molecule has 9 heteroatoms. The minimum absolute atomic E-state index is 0.416. The van der Waals surface area contributed by atoms with Gasteiger partial charge in [-0.05, 0) is 61.5 Å². The normalized spacial score (nSPS) is 22.9. The molecule has 0 fully saturated rings. The largest absolute Gasteiger partial charge is 0.357 e. The van der Waals surface area contributed by atoms with Gasteiger partial charge >= 0.3 is 11.4 Å². The molecule has 3 atom stereocenters. The third-order valence-electron chi connectivity index (χ3n) is 7.25. The first-order valence-electron chi connectivity index (χ1n) is 12.3. The molecule has 8 nitrogen and oxygen atoms in total. The number of nitrogens with zero attached hydrogens (tertiary/aromatic N) is 5. The molecule has 0 amide bonds. The Kier molecular flexibility index (Phi) is 4.90. The summed E-state index contributed by atoms with van der Waals surface area (Å²) in [6, 6.07) is 23.2. The monoisotopic (exact) mass is 523 g/mol. The average molecular weight is 524 g/mol. The van der Waals surface area contributed by atoms with Gasteiger partial charge in [-0.1, -0.05) is 70.9 Å². The van der Waals surface area contributed by atoms with Gasteiger partial charge in [0, 0.05) is 16.3 Å². The van der Waals surface area contributed by atoms with Crippen LogP contribution in [0.3, 0.4) is 0 Å². The van der Waals surface area contributed by atoms with Crippen LogP contribution in [0, 0.1) is 6.92 Å². The number of rotatable bonds is 3. The highest BCUT2D eigenvalue weighted by Gasteiger charge is 2.55. The number of oxime groups is 1. The zero-order valence-electron chi connectivity index (χ0n) is 20.3. The number of hydrogen-bond donors (Lipinski definition) is 0. The van der Waals surface area contributed by atoms with Gasteiger partial charge in [-0.25, -0.2) is 23.5 Å². The standard InChI is InChI=1S/C29H22ClN5O3/c1-19-7-13-23(14-8-19)33-26(20-9-11-21(30)12-10-20)31-38-29(33)18-17-24-15-16-25(29)35-28(37)32(27(36)34(24)35)22-5-3-2-4-6-22/h2-18,24-25H,1H3/t24-,25+,29-/m1/s1. The molecule has 4 aromatic rings. The molecule has 1 spiro atoms. The minimum atomic E-state index is -1.24. The van der Waals surface area contributed by atoms with Crippen molar-refractivity contribution >= 4 is 23.1 Å². The Labute approximate surface area is 222 Å². The first kappa shape index (κ1) is 22.6. The van der Waals surface area contributed by atoms with Crippen LogP contribution in [0.25, 0.3) is 5.69 Å². The molecule has 0 N–H and O–H groups in total. The molecule has 4 heterocycles. The molecule has 2 bridgehead atoms. The van der Waals surface area contributed by atoms with Crippen molar-refractivity contribution in [1.82, 2.24) is 13.9 Å². The Morgan fingerprint density at radius 2 is 1.53 bits per heavy atom. The van der Waals surface area contributed by atoms with Crippen molar-refractivity contribution in [1.29, 1.82) is 0 Å². The van der Waals surface area contributed by atoms with Gasteiger partial charge in [-0.2, -0.15) is 0 Å². The molecule has 0 radical (unpaired) electrons. The lowest BCUT2D eigenvalue weighted by Crippen LogP contribution is -2.55. The second-order valence-electron chi connectivity index (χ2n) is 9.54. The van der Waals surface area contributed by atoms with Crippen molar-refractivity contribution in [3.8, 4) is 5.69 Å². The van der Waals surface area contributed by atoms with Crippen LogP contribution in [0.15, 0.2) is 118 Å². The van der Waals surface area contributed by atoms with Gasteiger partial charge in [-0.15, -0.1) is 0 Å². The minimum Gasteiger partial charge on any atom is -0.357 e. The average Bonchev–Trinajstić information content (AvgIpc) is 3.32. The summed E-state index contributed by atoms with van der Waals surface area (Å²) in [5.41, 5.74) is 1.14. The van der Waals surface area contributed by atoms with Crippen molar-refractivity contribution in [3.63, 3.8) is 0 Å². The summed E-state index contributed by atoms with van der Waals surface area (Å²) in [5, 5.41) is 5.16. The van der Waals surface area contributed by atoms with Crippen molar-refractivity contribution in [3.05, 3.63) is 140 Å². The zero-order chi connectivity index (χ0) is 26.0. The van der Waals surface area contributed by atoms with E-state index in [0.29, 0.717) is 16.5 Å². The Hall–Kier alpha value is -4.56. The van der Waals surface area contributed by atoms with Crippen LogP contribution in [-0.2, 0) is 4.84 Å². The fourth-order valence-corrected chi connectivity index (χ4v) is 5.55. The van der Waals surface area contributed by atoms with Crippen LogP contribution in [-0.4, -0.2) is 25.5 Å². The van der Waals surface area contributed by atoms with Gasteiger partial charge in [0.15, 0.2) is 5.84 Å². The second-order valence-corrected chi connectivity index (χ2v) is 9.98. The lowest BCUT2D eigenvalue weighted by molar-refractivity contribution is -0.0113. The maximum absolute atomic E-state index is 13.9. The second kappa shape index (κ2) is 8.22. The number of para-hydroxylation sites is 1. The molecule has 3 aliphatic heterocycles. The van der Waals surface area contributed by atoms with Crippen LogP contribution in [0.4, 0.5) is 5.69 Å². The highest BCUT2D eigenvalue weighted by molar-refractivity contribution is 6.30. The van der Waals surface area contributed by atoms with Gasteiger partial charge in [-0.3, -0.25) is 4.90 Å². The molecule has 4 aliphatic rings. The van der Waals surface area contributed by atoms with Crippen molar-refractivity contribution in [2.75, 3.05) is 4.90 Å². The zero-order valence-corrected chi connectivity index (χ0v) is 21.1. The molecule has 0 saturated heterocycles. The number of allylic oxidation sites excluding steroid dienone is 2. The lowest BCUT2D eigenvalue weighted by atomic mass is 9.99. The van der Waals surface area contributed by atoms with E-state index in [2.05, 4.69) is 5.16 Å². The van der Waals surface area contributed by atoms with Crippen molar-refractivity contribution < 1.29 is 4.84 Å².